The van der Waals surface area contributed by atoms with E-state index < -0.39 is 10.0 Å². The quantitative estimate of drug-likeness (QED) is 0.808. The zero-order valence-electron chi connectivity index (χ0n) is 11.8. The molecule has 0 radical (unpaired) electrons. The van der Waals surface area contributed by atoms with Crippen molar-refractivity contribution in [3.8, 4) is 0 Å². The largest absolute Gasteiger partial charge is 0.370 e. The molecule has 0 bridgehead atoms. The average Bonchev–Trinajstić information content (AvgIpc) is 2.49. The van der Waals surface area contributed by atoms with Crippen LogP contribution in [0.4, 0.5) is 5.82 Å². The first-order valence-corrected chi connectivity index (χ1v) is 8.18. The Labute approximate surface area is 124 Å². The molecule has 0 aliphatic rings. The molecule has 0 spiro atoms. The number of nitrogens with zero attached hydrogens (tertiary/aromatic N) is 2. The van der Waals surface area contributed by atoms with Crippen LogP contribution in [-0.4, -0.2) is 31.5 Å². The maximum atomic E-state index is 12.1. The van der Waals surface area contributed by atoms with Crippen LogP contribution in [0.15, 0.2) is 47.8 Å². The monoisotopic (exact) mass is 306 g/mol. The summed E-state index contributed by atoms with van der Waals surface area (Å²) in [4.78, 5) is 8.15. The molecule has 7 heteroatoms. The highest BCUT2D eigenvalue weighted by Crippen LogP contribution is 2.10. The first-order chi connectivity index (χ1) is 10.1. The Bertz CT molecular complexity index is 657. The van der Waals surface area contributed by atoms with Crippen LogP contribution in [-0.2, 0) is 16.4 Å². The van der Waals surface area contributed by atoms with Crippen molar-refractivity contribution in [2.24, 2.45) is 0 Å². The molecule has 112 valence electrons. The van der Waals surface area contributed by atoms with Gasteiger partial charge in [-0.05, 0) is 43.2 Å². The Hall–Kier alpha value is -1.99. The molecule has 0 amide bonds. The fourth-order valence-electron chi connectivity index (χ4n) is 1.79. The third-order valence-corrected chi connectivity index (χ3v) is 4.31. The van der Waals surface area contributed by atoms with Gasteiger partial charge >= 0.3 is 0 Å². The van der Waals surface area contributed by atoms with E-state index in [1.165, 1.54) is 6.20 Å². The number of anilines is 1. The van der Waals surface area contributed by atoms with E-state index in [1.807, 2.05) is 19.1 Å². The summed E-state index contributed by atoms with van der Waals surface area (Å²) in [6, 6.07) is 6.92. The number of sulfonamides is 1. The highest BCUT2D eigenvalue weighted by Gasteiger charge is 2.13. The molecule has 2 N–H and O–H groups in total. The van der Waals surface area contributed by atoms with Crippen LogP contribution in [0.25, 0.3) is 0 Å². The number of rotatable bonds is 7. The van der Waals surface area contributed by atoms with Crippen LogP contribution < -0.4 is 10.0 Å². The van der Waals surface area contributed by atoms with Crippen molar-refractivity contribution in [2.45, 2.75) is 18.2 Å². The number of nitrogens with one attached hydrogen (secondary N) is 2. The standard InChI is InChI=1S/C14H18N4O2S/c1-2-16-14-4-3-13(11-17-14)21(19,20)18-10-7-12-5-8-15-9-6-12/h3-6,8-9,11,18H,2,7,10H2,1H3,(H,16,17). The van der Waals surface area contributed by atoms with Crippen molar-refractivity contribution in [3.63, 3.8) is 0 Å². The van der Waals surface area contributed by atoms with Gasteiger partial charge in [-0.1, -0.05) is 0 Å². The Morgan fingerprint density at radius 2 is 1.90 bits per heavy atom. The molecule has 2 heterocycles. The van der Waals surface area contributed by atoms with Crippen LogP contribution in [0.2, 0.25) is 0 Å². The van der Waals surface area contributed by atoms with Gasteiger partial charge in [0.05, 0.1) is 0 Å². The van der Waals surface area contributed by atoms with Crippen molar-refractivity contribution in [1.29, 1.82) is 0 Å². The lowest BCUT2D eigenvalue weighted by atomic mass is 10.2. The van der Waals surface area contributed by atoms with Gasteiger partial charge in [0, 0.05) is 31.7 Å². The molecule has 0 atom stereocenters. The van der Waals surface area contributed by atoms with Gasteiger partial charge in [-0.15, -0.1) is 0 Å². The van der Waals surface area contributed by atoms with Gasteiger partial charge in [0.2, 0.25) is 10.0 Å². The summed E-state index contributed by atoms with van der Waals surface area (Å²) in [7, 11) is -3.52. The second-order valence-corrected chi connectivity index (χ2v) is 6.18. The van der Waals surface area contributed by atoms with Crippen molar-refractivity contribution in [1.82, 2.24) is 14.7 Å². The zero-order valence-corrected chi connectivity index (χ0v) is 12.6. The molecule has 0 aliphatic heterocycles. The van der Waals surface area contributed by atoms with E-state index >= 15 is 0 Å². The summed E-state index contributed by atoms with van der Waals surface area (Å²) in [5.74, 6) is 0.660. The average molecular weight is 306 g/mol. The van der Waals surface area contributed by atoms with Crippen LogP contribution in [0.1, 0.15) is 12.5 Å². The molecule has 0 saturated carbocycles. The summed E-state index contributed by atoms with van der Waals surface area (Å²) in [5.41, 5.74) is 1.04. The van der Waals surface area contributed by atoms with Gasteiger partial charge < -0.3 is 5.32 Å². The molecule has 0 fully saturated rings. The zero-order chi connectivity index (χ0) is 15.1. The Balaban J connectivity index is 1.95. The first kappa shape index (κ1) is 15.4. The van der Waals surface area contributed by atoms with Gasteiger partial charge in [0.25, 0.3) is 0 Å². The summed E-state index contributed by atoms with van der Waals surface area (Å²) in [5, 5.41) is 3.02. The van der Waals surface area contributed by atoms with E-state index in [9.17, 15) is 8.42 Å². The minimum atomic E-state index is -3.52. The molecular formula is C14H18N4O2S. The Morgan fingerprint density at radius 1 is 1.14 bits per heavy atom. The first-order valence-electron chi connectivity index (χ1n) is 6.70. The molecule has 2 aromatic heterocycles. The van der Waals surface area contributed by atoms with E-state index in [1.54, 1.807) is 24.5 Å². The van der Waals surface area contributed by atoms with Crippen LogP contribution in [0.5, 0.6) is 0 Å². The fourth-order valence-corrected chi connectivity index (χ4v) is 2.76. The minimum Gasteiger partial charge on any atom is -0.370 e. The van der Waals surface area contributed by atoms with Gasteiger partial charge in [-0.25, -0.2) is 18.1 Å². The molecule has 2 rings (SSSR count). The highest BCUT2D eigenvalue weighted by atomic mass is 32.2. The van der Waals surface area contributed by atoms with Crippen molar-refractivity contribution in [3.05, 3.63) is 48.4 Å². The van der Waals surface area contributed by atoms with Crippen molar-refractivity contribution < 1.29 is 8.42 Å². The summed E-state index contributed by atoms with van der Waals surface area (Å²) in [6.07, 6.45) is 5.35. The van der Waals surface area contributed by atoms with Crippen LogP contribution >= 0.6 is 0 Å². The normalized spacial score (nSPS) is 11.3. The molecule has 0 aromatic carbocycles. The second kappa shape index (κ2) is 7.14. The highest BCUT2D eigenvalue weighted by molar-refractivity contribution is 7.89. The van der Waals surface area contributed by atoms with Gasteiger partial charge in [-0.2, -0.15) is 0 Å². The minimum absolute atomic E-state index is 0.166. The van der Waals surface area contributed by atoms with E-state index in [4.69, 9.17) is 0 Å². The van der Waals surface area contributed by atoms with E-state index in [0.29, 0.717) is 18.8 Å². The third-order valence-electron chi connectivity index (χ3n) is 2.86. The van der Waals surface area contributed by atoms with E-state index in [-0.39, 0.29) is 4.90 Å². The topological polar surface area (TPSA) is 84.0 Å². The van der Waals surface area contributed by atoms with E-state index in [0.717, 1.165) is 12.1 Å². The predicted octanol–water partition coefficient (Wildman–Crippen LogP) is 1.43. The predicted molar refractivity (Wildman–Crippen MR) is 81.5 cm³/mol. The SMILES string of the molecule is CCNc1ccc(S(=O)(=O)NCCc2ccncc2)cn1. The molecule has 0 saturated heterocycles. The Morgan fingerprint density at radius 3 is 2.52 bits per heavy atom. The maximum absolute atomic E-state index is 12.1. The third kappa shape index (κ3) is 4.51. The molecular weight excluding hydrogens is 288 g/mol. The summed E-state index contributed by atoms with van der Waals surface area (Å²) in [6.45, 7) is 3.03. The number of hydrogen-bond acceptors (Lipinski definition) is 5. The molecule has 2 aromatic rings. The van der Waals surface area contributed by atoms with Crippen molar-refractivity contribution >= 4 is 15.8 Å². The lowest BCUT2D eigenvalue weighted by molar-refractivity contribution is 0.581. The summed E-state index contributed by atoms with van der Waals surface area (Å²) >= 11 is 0. The second-order valence-electron chi connectivity index (χ2n) is 4.41. The van der Waals surface area contributed by atoms with Gasteiger partial charge in [-0.3, -0.25) is 4.98 Å². The molecule has 0 unspecified atom stereocenters. The van der Waals surface area contributed by atoms with E-state index in [2.05, 4.69) is 20.0 Å². The Kier molecular flexibility index (Phi) is 5.24. The summed E-state index contributed by atoms with van der Waals surface area (Å²) < 4.78 is 26.8. The number of aromatic nitrogens is 2. The van der Waals surface area contributed by atoms with Gasteiger partial charge in [0.15, 0.2) is 0 Å². The molecule has 0 aliphatic carbocycles. The lowest BCUT2D eigenvalue weighted by Gasteiger charge is -2.07. The smallest absolute Gasteiger partial charge is 0.242 e. The fraction of sp³-hybridized carbons (Fsp3) is 0.286. The molecule has 6 nitrogen and oxygen atoms in total. The van der Waals surface area contributed by atoms with Gasteiger partial charge in [0.1, 0.15) is 10.7 Å². The van der Waals surface area contributed by atoms with Crippen LogP contribution in [0.3, 0.4) is 0 Å². The maximum Gasteiger partial charge on any atom is 0.242 e. The van der Waals surface area contributed by atoms with Crippen LogP contribution in [0, 0.1) is 0 Å². The number of hydrogen-bond donors (Lipinski definition) is 2. The van der Waals surface area contributed by atoms with Crippen molar-refractivity contribution in [2.75, 3.05) is 18.4 Å². The lowest BCUT2D eigenvalue weighted by Crippen LogP contribution is -2.26. The number of pyridine rings is 2. The molecule has 21 heavy (non-hydrogen) atoms.